The molecule has 0 aliphatic heterocycles. The SMILES string of the molecule is CSc1ccccc1NC1CC(C#N)(c2ccccc2)C1. The van der Waals surface area contributed by atoms with Crippen molar-refractivity contribution in [1.29, 1.82) is 5.26 Å². The Bertz CT molecular complexity index is 654. The number of rotatable bonds is 4. The summed E-state index contributed by atoms with van der Waals surface area (Å²) in [5.41, 5.74) is 2.01. The van der Waals surface area contributed by atoms with Crippen LogP contribution in [0.3, 0.4) is 0 Å². The van der Waals surface area contributed by atoms with Gasteiger partial charge < -0.3 is 5.32 Å². The Hall–Kier alpha value is -1.92. The van der Waals surface area contributed by atoms with Crippen molar-refractivity contribution in [1.82, 2.24) is 0 Å². The summed E-state index contributed by atoms with van der Waals surface area (Å²) in [6.45, 7) is 0. The fraction of sp³-hybridized carbons (Fsp3) is 0.278. The summed E-state index contributed by atoms with van der Waals surface area (Å²) in [6.07, 6.45) is 3.83. The third kappa shape index (κ3) is 2.64. The molecule has 0 atom stereocenters. The molecule has 0 amide bonds. The zero-order chi connectivity index (χ0) is 14.7. The van der Waals surface area contributed by atoms with Crippen LogP contribution >= 0.6 is 11.8 Å². The van der Waals surface area contributed by atoms with E-state index in [1.165, 1.54) is 10.6 Å². The molecule has 1 fully saturated rings. The van der Waals surface area contributed by atoms with Crippen molar-refractivity contribution in [2.75, 3.05) is 11.6 Å². The summed E-state index contributed by atoms with van der Waals surface area (Å²) in [6, 6.07) is 21.4. The highest BCUT2D eigenvalue weighted by Gasteiger charge is 2.46. The number of nitrogens with one attached hydrogen (secondary N) is 1. The Kier molecular flexibility index (Phi) is 3.90. The van der Waals surface area contributed by atoms with E-state index in [2.05, 4.69) is 54.0 Å². The van der Waals surface area contributed by atoms with Crippen molar-refractivity contribution in [3.05, 3.63) is 60.2 Å². The van der Waals surface area contributed by atoms with Gasteiger partial charge in [-0.25, -0.2) is 0 Å². The zero-order valence-corrected chi connectivity index (χ0v) is 12.9. The molecule has 0 heterocycles. The molecule has 2 aromatic rings. The molecular formula is C18H18N2S. The molecule has 1 N–H and O–H groups in total. The molecule has 0 radical (unpaired) electrons. The first-order valence-corrected chi connectivity index (χ1v) is 8.36. The predicted molar refractivity (Wildman–Crippen MR) is 88.6 cm³/mol. The molecule has 0 unspecified atom stereocenters. The van der Waals surface area contributed by atoms with E-state index < -0.39 is 0 Å². The Balaban J connectivity index is 1.72. The van der Waals surface area contributed by atoms with Gasteiger partial charge in [-0.3, -0.25) is 0 Å². The van der Waals surface area contributed by atoms with Crippen molar-refractivity contribution >= 4 is 17.4 Å². The monoisotopic (exact) mass is 294 g/mol. The molecule has 0 spiro atoms. The maximum atomic E-state index is 9.59. The van der Waals surface area contributed by atoms with Crippen LogP contribution in [0.15, 0.2) is 59.5 Å². The summed E-state index contributed by atoms with van der Waals surface area (Å²) >= 11 is 1.75. The summed E-state index contributed by atoms with van der Waals surface area (Å²) in [7, 11) is 0. The Morgan fingerprint density at radius 3 is 2.43 bits per heavy atom. The highest BCUT2D eigenvalue weighted by atomic mass is 32.2. The van der Waals surface area contributed by atoms with E-state index in [0.29, 0.717) is 6.04 Å². The van der Waals surface area contributed by atoms with Crippen LogP contribution in [0.2, 0.25) is 0 Å². The molecule has 1 aliphatic carbocycles. The van der Waals surface area contributed by atoms with E-state index >= 15 is 0 Å². The van der Waals surface area contributed by atoms with E-state index in [9.17, 15) is 5.26 Å². The van der Waals surface area contributed by atoms with Gasteiger partial charge in [0.2, 0.25) is 0 Å². The van der Waals surface area contributed by atoms with Crippen LogP contribution in [0.25, 0.3) is 0 Å². The van der Waals surface area contributed by atoms with Gasteiger partial charge in [-0.1, -0.05) is 42.5 Å². The molecule has 3 heteroatoms. The van der Waals surface area contributed by atoms with Crippen LogP contribution in [-0.4, -0.2) is 12.3 Å². The Morgan fingerprint density at radius 2 is 1.76 bits per heavy atom. The van der Waals surface area contributed by atoms with E-state index in [1.807, 2.05) is 18.2 Å². The minimum absolute atomic E-state index is 0.312. The number of anilines is 1. The highest BCUT2D eigenvalue weighted by molar-refractivity contribution is 7.98. The van der Waals surface area contributed by atoms with Gasteiger partial charge in [-0.15, -0.1) is 11.8 Å². The van der Waals surface area contributed by atoms with E-state index in [-0.39, 0.29) is 5.41 Å². The fourth-order valence-corrected chi connectivity index (χ4v) is 3.58. The maximum Gasteiger partial charge on any atom is 0.0861 e. The number of hydrogen-bond donors (Lipinski definition) is 1. The third-order valence-corrected chi connectivity index (χ3v) is 4.99. The molecular weight excluding hydrogens is 276 g/mol. The van der Waals surface area contributed by atoms with Gasteiger partial charge in [0.25, 0.3) is 0 Å². The van der Waals surface area contributed by atoms with Gasteiger partial charge >= 0.3 is 0 Å². The maximum absolute atomic E-state index is 9.59. The second kappa shape index (κ2) is 5.83. The van der Waals surface area contributed by atoms with Crippen molar-refractivity contribution in [3.8, 4) is 6.07 Å². The molecule has 2 aromatic carbocycles. The van der Waals surface area contributed by atoms with Crippen LogP contribution in [0.5, 0.6) is 0 Å². The fourth-order valence-electron chi connectivity index (χ4n) is 3.02. The summed E-state index contributed by atoms with van der Waals surface area (Å²) in [5, 5.41) is 13.2. The Labute approximate surface area is 130 Å². The van der Waals surface area contributed by atoms with Crippen LogP contribution in [-0.2, 0) is 5.41 Å². The first-order chi connectivity index (χ1) is 10.3. The average Bonchev–Trinajstić information content (AvgIpc) is 2.52. The van der Waals surface area contributed by atoms with Crippen LogP contribution in [0.4, 0.5) is 5.69 Å². The van der Waals surface area contributed by atoms with Crippen LogP contribution in [0, 0.1) is 11.3 Å². The molecule has 2 nitrogen and oxygen atoms in total. The first kappa shape index (κ1) is 14.0. The van der Waals surface area contributed by atoms with Gasteiger partial charge in [0.1, 0.15) is 0 Å². The normalized spacial score (nSPS) is 23.9. The first-order valence-electron chi connectivity index (χ1n) is 7.14. The second-order valence-corrected chi connectivity index (χ2v) is 6.36. The van der Waals surface area contributed by atoms with Gasteiger partial charge in [0, 0.05) is 16.6 Å². The van der Waals surface area contributed by atoms with Crippen molar-refractivity contribution in [2.24, 2.45) is 0 Å². The smallest absolute Gasteiger partial charge is 0.0861 e. The molecule has 21 heavy (non-hydrogen) atoms. The van der Waals surface area contributed by atoms with Gasteiger partial charge in [0.05, 0.1) is 11.5 Å². The predicted octanol–water partition coefficient (Wildman–Crippen LogP) is 4.44. The standard InChI is InChI=1S/C18H18N2S/c1-21-17-10-6-5-9-16(17)20-15-11-18(12-15,13-19)14-7-3-2-4-8-14/h2-10,15,20H,11-12H2,1H3. The number of hydrogen-bond acceptors (Lipinski definition) is 3. The molecule has 3 rings (SSSR count). The van der Waals surface area contributed by atoms with Crippen molar-refractivity contribution in [2.45, 2.75) is 29.2 Å². The van der Waals surface area contributed by atoms with Crippen molar-refractivity contribution in [3.63, 3.8) is 0 Å². The van der Waals surface area contributed by atoms with Crippen molar-refractivity contribution < 1.29 is 0 Å². The van der Waals surface area contributed by atoms with Gasteiger partial charge in [-0.05, 0) is 36.8 Å². The number of para-hydroxylation sites is 1. The van der Waals surface area contributed by atoms with Gasteiger partial charge in [-0.2, -0.15) is 5.26 Å². The highest BCUT2D eigenvalue weighted by Crippen LogP contribution is 2.45. The summed E-state index contributed by atoms with van der Waals surface area (Å²) < 4.78 is 0. The molecule has 1 saturated carbocycles. The molecule has 106 valence electrons. The van der Waals surface area contributed by atoms with Crippen LogP contribution < -0.4 is 5.32 Å². The van der Waals surface area contributed by atoms with Gasteiger partial charge in [0.15, 0.2) is 0 Å². The van der Waals surface area contributed by atoms with E-state index in [0.717, 1.165) is 18.4 Å². The molecule has 0 aromatic heterocycles. The molecule has 0 bridgehead atoms. The van der Waals surface area contributed by atoms with Crippen LogP contribution in [0.1, 0.15) is 18.4 Å². The minimum Gasteiger partial charge on any atom is -0.381 e. The third-order valence-electron chi connectivity index (χ3n) is 4.20. The number of nitrogens with zero attached hydrogens (tertiary/aromatic N) is 1. The summed E-state index contributed by atoms with van der Waals surface area (Å²) in [5.74, 6) is 0. The average molecular weight is 294 g/mol. The number of thioether (sulfide) groups is 1. The quantitative estimate of drug-likeness (QED) is 0.847. The number of nitriles is 1. The largest absolute Gasteiger partial charge is 0.381 e. The van der Waals surface area contributed by atoms with E-state index in [1.54, 1.807) is 11.8 Å². The molecule has 1 aliphatic rings. The van der Waals surface area contributed by atoms with E-state index in [4.69, 9.17) is 0 Å². The summed E-state index contributed by atoms with van der Waals surface area (Å²) in [4.78, 5) is 1.26. The Morgan fingerprint density at radius 1 is 1.10 bits per heavy atom. The lowest BCUT2D eigenvalue weighted by molar-refractivity contribution is 0.289. The molecule has 0 saturated heterocycles. The number of benzene rings is 2. The lowest BCUT2D eigenvalue weighted by Crippen LogP contribution is -2.47. The minimum atomic E-state index is -0.312. The second-order valence-electron chi connectivity index (χ2n) is 5.51. The topological polar surface area (TPSA) is 35.8 Å². The lowest BCUT2D eigenvalue weighted by atomic mass is 9.62. The zero-order valence-electron chi connectivity index (χ0n) is 12.0. The lowest BCUT2D eigenvalue weighted by Gasteiger charge is -2.44.